The van der Waals surface area contributed by atoms with E-state index in [1.54, 1.807) is 0 Å². The molecule has 0 aromatic carbocycles. The first-order valence-corrected chi connectivity index (χ1v) is 5.14. The fourth-order valence-corrected chi connectivity index (χ4v) is 1.13. The number of nitrogen functional groups attached to an aromatic ring is 2. The SMILES string of the molecule is Nc1nc(N)nc(C(Br)CBr)n1. The average Bonchev–Trinajstić information content (AvgIpc) is 2.01. The van der Waals surface area contributed by atoms with Crippen molar-refractivity contribution in [3.63, 3.8) is 0 Å². The van der Waals surface area contributed by atoms with E-state index in [0.29, 0.717) is 11.2 Å². The smallest absolute Gasteiger partial charge is 0.225 e. The molecule has 5 nitrogen and oxygen atoms in total. The second kappa shape index (κ2) is 3.99. The molecule has 12 heavy (non-hydrogen) atoms. The van der Waals surface area contributed by atoms with Crippen molar-refractivity contribution in [3.8, 4) is 0 Å². The van der Waals surface area contributed by atoms with E-state index in [4.69, 9.17) is 11.5 Å². The minimum Gasteiger partial charge on any atom is -0.368 e. The maximum atomic E-state index is 5.37. The van der Waals surface area contributed by atoms with Gasteiger partial charge in [-0.1, -0.05) is 31.9 Å². The van der Waals surface area contributed by atoms with Gasteiger partial charge in [0.2, 0.25) is 11.9 Å². The van der Waals surface area contributed by atoms with Gasteiger partial charge in [-0.2, -0.15) is 15.0 Å². The topological polar surface area (TPSA) is 90.7 Å². The molecule has 4 N–H and O–H groups in total. The van der Waals surface area contributed by atoms with Crippen LogP contribution < -0.4 is 11.5 Å². The first-order chi connectivity index (χ1) is 5.63. The van der Waals surface area contributed by atoms with Crippen molar-refractivity contribution >= 4 is 43.8 Å². The highest BCUT2D eigenvalue weighted by Crippen LogP contribution is 2.21. The first kappa shape index (κ1) is 9.66. The molecule has 0 radical (unpaired) electrons. The maximum Gasteiger partial charge on any atom is 0.225 e. The summed E-state index contributed by atoms with van der Waals surface area (Å²) in [5, 5.41) is 0.690. The number of alkyl halides is 2. The second-order valence-corrected chi connectivity index (χ2v) is 3.78. The summed E-state index contributed by atoms with van der Waals surface area (Å²) >= 11 is 6.61. The van der Waals surface area contributed by atoms with Gasteiger partial charge in [0, 0.05) is 5.33 Å². The molecule has 1 atom stereocenters. The van der Waals surface area contributed by atoms with Crippen molar-refractivity contribution in [2.75, 3.05) is 16.8 Å². The van der Waals surface area contributed by atoms with Crippen molar-refractivity contribution in [3.05, 3.63) is 5.82 Å². The monoisotopic (exact) mass is 295 g/mol. The Labute approximate surface area is 86.2 Å². The first-order valence-electron chi connectivity index (χ1n) is 3.10. The van der Waals surface area contributed by atoms with Crippen LogP contribution in [-0.2, 0) is 0 Å². The lowest BCUT2D eigenvalue weighted by molar-refractivity contribution is 0.919. The van der Waals surface area contributed by atoms with E-state index in [-0.39, 0.29) is 16.7 Å². The highest BCUT2D eigenvalue weighted by Gasteiger charge is 2.10. The Bertz CT molecular complexity index is 258. The Hall–Kier alpha value is -0.430. The number of hydrogen-bond acceptors (Lipinski definition) is 5. The van der Waals surface area contributed by atoms with Gasteiger partial charge in [-0.3, -0.25) is 0 Å². The average molecular weight is 297 g/mol. The minimum atomic E-state index is 0.00472. The molecule has 0 bridgehead atoms. The normalized spacial score (nSPS) is 12.8. The van der Waals surface area contributed by atoms with E-state index in [0.717, 1.165) is 0 Å². The lowest BCUT2D eigenvalue weighted by atomic mass is 10.4. The van der Waals surface area contributed by atoms with Crippen molar-refractivity contribution in [1.29, 1.82) is 0 Å². The number of anilines is 2. The highest BCUT2D eigenvalue weighted by molar-refractivity contribution is 9.12. The Morgan fingerprint density at radius 1 is 1.17 bits per heavy atom. The fourth-order valence-electron chi connectivity index (χ4n) is 0.636. The maximum absolute atomic E-state index is 5.37. The van der Waals surface area contributed by atoms with Gasteiger partial charge in [0.1, 0.15) is 0 Å². The van der Waals surface area contributed by atoms with E-state index < -0.39 is 0 Å². The summed E-state index contributed by atoms with van der Waals surface area (Å²) in [7, 11) is 0. The van der Waals surface area contributed by atoms with E-state index in [1.807, 2.05) is 0 Å². The van der Waals surface area contributed by atoms with Crippen LogP contribution in [0.2, 0.25) is 0 Å². The molecular weight excluding hydrogens is 290 g/mol. The molecule has 0 aliphatic heterocycles. The number of rotatable bonds is 2. The van der Waals surface area contributed by atoms with Crippen molar-refractivity contribution in [2.45, 2.75) is 4.83 Å². The molecule has 1 aromatic heterocycles. The van der Waals surface area contributed by atoms with Crippen LogP contribution in [0, 0.1) is 0 Å². The zero-order chi connectivity index (χ0) is 9.14. The molecule has 0 saturated carbocycles. The van der Waals surface area contributed by atoms with E-state index in [1.165, 1.54) is 0 Å². The van der Waals surface area contributed by atoms with E-state index in [9.17, 15) is 0 Å². The van der Waals surface area contributed by atoms with Gasteiger partial charge in [0.15, 0.2) is 5.82 Å². The molecule has 0 saturated heterocycles. The molecule has 0 fully saturated rings. The van der Waals surface area contributed by atoms with E-state index in [2.05, 4.69) is 46.8 Å². The fraction of sp³-hybridized carbons (Fsp3) is 0.400. The minimum absolute atomic E-state index is 0.00472. The van der Waals surface area contributed by atoms with Crippen molar-refractivity contribution in [1.82, 2.24) is 15.0 Å². The van der Waals surface area contributed by atoms with Gasteiger partial charge in [-0.05, 0) is 0 Å². The number of nitrogens with two attached hydrogens (primary N) is 2. The van der Waals surface area contributed by atoms with Gasteiger partial charge in [0.05, 0.1) is 4.83 Å². The van der Waals surface area contributed by atoms with Gasteiger partial charge in [-0.25, -0.2) is 0 Å². The predicted molar refractivity (Wildman–Crippen MR) is 54.1 cm³/mol. The summed E-state index contributed by atoms with van der Waals surface area (Å²) in [6, 6.07) is 0. The van der Waals surface area contributed by atoms with E-state index >= 15 is 0 Å². The van der Waals surface area contributed by atoms with Crippen LogP contribution >= 0.6 is 31.9 Å². The Kier molecular flexibility index (Phi) is 3.21. The summed E-state index contributed by atoms with van der Waals surface area (Å²) in [6.45, 7) is 0. The van der Waals surface area contributed by atoms with Crippen LogP contribution in [0.25, 0.3) is 0 Å². The van der Waals surface area contributed by atoms with Gasteiger partial charge >= 0.3 is 0 Å². The Morgan fingerprint density at radius 2 is 1.67 bits per heavy atom. The lowest BCUT2D eigenvalue weighted by Gasteiger charge is -2.04. The van der Waals surface area contributed by atoms with Gasteiger partial charge < -0.3 is 11.5 Å². The summed E-state index contributed by atoms with van der Waals surface area (Å²) in [4.78, 5) is 11.5. The van der Waals surface area contributed by atoms with Crippen LogP contribution in [0.15, 0.2) is 0 Å². The van der Waals surface area contributed by atoms with Gasteiger partial charge in [0.25, 0.3) is 0 Å². The lowest BCUT2D eigenvalue weighted by Crippen LogP contribution is -2.08. The molecule has 0 aliphatic rings. The number of halogens is 2. The van der Waals surface area contributed by atoms with Crippen LogP contribution in [0.3, 0.4) is 0 Å². The third-order valence-electron chi connectivity index (χ3n) is 1.10. The van der Waals surface area contributed by atoms with Crippen molar-refractivity contribution < 1.29 is 0 Å². The van der Waals surface area contributed by atoms with Crippen LogP contribution in [0.1, 0.15) is 10.7 Å². The van der Waals surface area contributed by atoms with Crippen LogP contribution in [0.4, 0.5) is 11.9 Å². The predicted octanol–water partition coefficient (Wildman–Crippen LogP) is 0.867. The summed E-state index contributed by atoms with van der Waals surface area (Å²) in [5.41, 5.74) is 10.7. The second-order valence-electron chi connectivity index (χ2n) is 2.03. The van der Waals surface area contributed by atoms with Crippen LogP contribution in [-0.4, -0.2) is 20.3 Å². The summed E-state index contributed by atoms with van der Waals surface area (Å²) < 4.78 is 0. The molecule has 1 aromatic rings. The number of aromatic nitrogens is 3. The largest absolute Gasteiger partial charge is 0.368 e. The van der Waals surface area contributed by atoms with Crippen molar-refractivity contribution in [2.24, 2.45) is 0 Å². The Balaban J connectivity index is 3.00. The zero-order valence-corrected chi connectivity index (χ0v) is 9.21. The third-order valence-corrected chi connectivity index (χ3v) is 3.35. The molecule has 0 aliphatic carbocycles. The molecule has 1 rings (SSSR count). The molecule has 7 heteroatoms. The number of hydrogen-bond donors (Lipinski definition) is 2. The highest BCUT2D eigenvalue weighted by atomic mass is 79.9. The third kappa shape index (κ3) is 2.28. The standard InChI is InChI=1S/C5H7Br2N5/c6-1-2(7)3-10-4(8)12-5(9)11-3/h2H,1H2,(H4,8,9,10,11,12). The van der Waals surface area contributed by atoms with Crippen LogP contribution in [0.5, 0.6) is 0 Å². The molecule has 1 heterocycles. The molecule has 66 valence electrons. The summed E-state index contributed by atoms with van der Waals surface area (Å²) in [5.74, 6) is 0.822. The zero-order valence-electron chi connectivity index (χ0n) is 6.04. The number of nitrogens with zero attached hydrogens (tertiary/aromatic N) is 3. The molecule has 0 spiro atoms. The Morgan fingerprint density at radius 3 is 2.08 bits per heavy atom. The quantitative estimate of drug-likeness (QED) is 0.790. The van der Waals surface area contributed by atoms with Gasteiger partial charge in [-0.15, -0.1) is 0 Å². The molecular formula is C5H7Br2N5. The summed E-state index contributed by atoms with van der Waals surface area (Å²) in [6.07, 6.45) is 0. The molecule has 0 amide bonds. The molecule has 1 unspecified atom stereocenters.